The smallest absolute Gasteiger partial charge is 0.224 e. The summed E-state index contributed by atoms with van der Waals surface area (Å²) in [6.45, 7) is 2.56. The molecule has 0 bridgehead atoms. The van der Waals surface area contributed by atoms with Crippen LogP contribution in [-0.2, 0) is 4.79 Å². The Bertz CT molecular complexity index is 569. The van der Waals surface area contributed by atoms with Crippen molar-refractivity contribution in [1.29, 1.82) is 0 Å². The van der Waals surface area contributed by atoms with Crippen LogP contribution in [0.4, 0.5) is 0 Å². The summed E-state index contributed by atoms with van der Waals surface area (Å²) in [6, 6.07) is 5.52. The molecular weight excluding hydrogens is 343 g/mol. The predicted octanol–water partition coefficient (Wildman–Crippen LogP) is 3.55. The third kappa shape index (κ3) is 4.39. The topological polar surface area (TPSA) is 41.1 Å². The number of amides is 1. The van der Waals surface area contributed by atoms with Gasteiger partial charge in [0.15, 0.2) is 0 Å². The standard InChI is InChI=1S/C16H18Cl2N2O.ClH/c17-12-5-11(6-13(18)7-12)14-8-15(14)16(21)20-9-10-1-3-19-4-2-10;/h1,5-7,14-15,19H,2-4,8-9H2,(H,20,21);1H. The zero-order valence-electron chi connectivity index (χ0n) is 12.1. The Morgan fingerprint density at radius 1 is 1.27 bits per heavy atom. The summed E-state index contributed by atoms with van der Waals surface area (Å²) in [6.07, 6.45) is 4.05. The molecular formula is C16H19Cl3N2O. The lowest BCUT2D eigenvalue weighted by Crippen LogP contribution is -2.30. The number of nitrogens with one attached hydrogen (secondary N) is 2. The Labute approximate surface area is 146 Å². The molecule has 0 radical (unpaired) electrons. The Hall–Kier alpha value is -0.740. The van der Waals surface area contributed by atoms with Crippen molar-refractivity contribution in [2.45, 2.75) is 18.8 Å². The molecule has 1 saturated carbocycles. The minimum Gasteiger partial charge on any atom is -0.352 e. The normalized spacial score (nSPS) is 23.3. The Balaban J connectivity index is 0.00000176. The largest absolute Gasteiger partial charge is 0.352 e. The highest BCUT2D eigenvalue weighted by Gasteiger charge is 2.44. The van der Waals surface area contributed by atoms with Crippen molar-refractivity contribution < 1.29 is 4.79 Å². The Kier molecular flexibility index (Phi) is 6.16. The first-order valence-corrected chi connectivity index (χ1v) is 8.01. The van der Waals surface area contributed by atoms with E-state index in [9.17, 15) is 4.79 Å². The number of rotatable bonds is 4. The van der Waals surface area contributed by atoms with Gasteiger partial charge in [-0.15, -0.1) is 12.4 Å². The molecule has 0 aromatic heterocycles. The molecule has 3 nitrogen and oxygen atoms in total. The van der Waals surface area contributed by atoms with E-state index in [1.807, 2.05) is 12.1 Å². The molecule has 1 aliphatic carbocycles. The molecule has 6 heteroatoms. The van der Waals surface area contributed by atoms with Gasteiger partial charge in [-0.3, -0.25) is 4.79 Å². The van der Waals surface area contributed by atoms with E-state index in [4.69, 9.17) is 23.2 Å². The van der Waals surface area contributed by atoms with Gasteiger partial charge in [-0.2, -0.15) is 0 Å². The van der Waals surface area contributed by atoms with E-state index in [0.29, 0.717) is 16.6 Å². The maximum atomic E-state index is 12.2. The summed E-state index contributed by atoms with van der Waals surface area (Å²) < 4.78 is 0. The molecule has 2 unspecified atom stereocenters. The van der Waals surface area contributed by atoms with Crippen LogP contribution >= 0.6 is 35.6 Å². The van der Waals surface area contributed by atoms with Crippen LogP contribution < -0.4 is 10.6 Å². The van der Waals surface area contributed by atoms with Crippen molar-refractivity contribution in [3.8, 4) is 0 Å². The Morgan fingerprint density at radius 3 is 2.64 bits per heavy atom. The van der Waals surface area contributed by atoms with Crippen molar-refractivity contribution in [1.82, 2.24) is 10.6 Å². The van der Waals surface area contributed by atoms with Crippen LogP contribution in [0.25, 0.3) is 0 Å². The zero-order valence-corrected chi connectivity index (χ0v) is 14.4. The van der Waals surface area contributed by atoms with Crippen LogP contribution in [0.3, 0.4) is 0 Å². The van der Waals surface area contributed by atoms with E-state index < -0.39 is 0 Å². The van der Waals surface area contributed by atoms with Crippen LogP contribution in [0.15, 0.2) is 29.8 Å². The van der Waals surface area contributed by atoms with Crippen molar-refractivity contribution in [2.75, 3.05) is 19.6 Å². The lowest BCUT2D eigenvalue weighted by molar-refractivity contribution is -0.122. The fraction of sp³-hybridized carbons (Fsp3) is 0.438. The van der Waals surface area contributed by atoms with Crippen LogP contribution in [0.2, 0.25) is 10.0 Å². The molecule has 120 valence electrons. The van der Waals surface area contributed by atoms with E-state index in [1.165, 1.54) is 5.57 Å². The molecule has 1 amide bonds. The number of benzene rings is 1. The average molecular weight is 362 g/mol. The van der Waals surface area contributed by atoms with E-state index in [-0.39, 0.29) is 30.2 Å². The number of carbonyl (C=O) groups is 1. The molecule has 2 N–H and O–H groups in total. The van der Waals surface area contributed by atoms with Gasteiger partial charge in [0.25, 0.3) is 0 Å². The van der Waals surface area contributed by atoms with Crippen LogP contribution in [0.1, 0.15) is 24.3 Å². The SMILES string of the molecule is Cl.O=C(NCC1=CCNCC1)C1CC1c1cc(Cl)cc(Cl)c1. The molecule has 1 fully saturated rings. The molecule has 0 saturated heterocycles. The van der Waals surface area contributed by atoms with E-state index >= 15 is 0 Å². The Morgan fingerprint density at radius 2 is 2.00 bits per heavy atom. The molecule has 22 heavy (non-hydrogen) atoms. The van der Waals surface area contributed by atoms with Gasteiger partial charge < -0.3 is 10.6 Å². The fourth-order valence-electron chi connectivity index (χ4n) is 2.80. The second-order valence-electron chi connectivity index (χ2n) is 5.69. The highest BCUT2D eigenvalue weighted by molar-refractivity contribution is 6.34. The lowest BCUT2D eigenvalue weighted by atomic mass is 10.1. The first-order chi connectivity index (χ1) is 10.1. The van der Waals surface area contributed by atoms with Crippen molar-refractivity contribution in [2.24, 2.45) is 5.92 Å². The summed E-state index contributed by atoms with van der Waals surface area (Å²) >= 11 is 12.0. The summed E-state index contributed by atoms with van der Waals surface area (Å²) in [5.74, 6) is 0.445. The summed E-state index contributed by atoms with van der Waals surface area (Å²) in [4.78, 5) is 12.2. The van der Waals surface area contributed by atoms with Gasteiger partial charge in [-0.25, -0.2) is 0 Å². The molecule has 1 aromatic carbocycles. The van der Waals surface area contributed by atoms with Gasteiger partial charge in [0.05, 0.1) is 0 Å². The van der Waals surface area contributed by atoms with E-state index in [0.717, 1.165) is 31.5 Å². The van der Waals surface area contributed by atoms with Crippen LogP contribution in [0, 0.1) is 5.92 Å². The number of hydrogen-bond acceptors (Lipinski definition) is 2. The first kappa shape index (κ1) is 17.6. The minimum absolute atomic E-state index is 0. The molecule has 0 spiro atoms. The summed E-state index contributed by atoms with van der Waals surface area (Å²) in [5.41, 5.74) is 2.37. The van der Waals surface area contributed by atoms with Gasteiger partial charge in [0.2, 0.25) is 5.91 Å². The average Bonchev–Trinajstić information content (AvgIpc) is 3.25. The maximum Gasteiger partial charge on any atom is 0.224 e. The van der Waals surface area contributed by atoms with E-state index in [1.54, 1.807) is 6.07 Å². The summed E-state index contributed by atoms with van der Waals surface area (Å²) in [7, 11) is 0. The van der Waals surface area contributed by atoms with E-state index in [2.05, 4.69) is 16.7 Å². The monoisotopic (exact) mass is 360 g/mol. The third-order valence-corrected chi connectivity index (χ3v) is 4.52. The maximum absolute atomic E-state index is 12.2. The molecule has 1 heterocycles. The lowest BCUT2D eigenvalue weighted by Gasteiger charge is -2.14. The fourth-order valence-corrected chi connectivity index (χ4v) is 3.35. The highest BCUT2D eigenvalue weighted by Crippen LogP contribution is 2.48. The molecule has 2 atom stereocenters. The first-order valence-electron chi connectivity index (χ1n) is 7.26. The number of carbonyl (C=O) groups excluding carboxylic acids is 1. The van der Waals surface area contributed by atoms with Gasteiger partial charge >= 0.3 is 0 Å². The highest BCUT2D eigenvalue weighted by atomic mass is 35.5. The van der Waals surface area contributed by atoms with Gasteiger partial charge in [0, 0.05) is 29.1 Å². The second-order valence-corrected chi connectivity index (χ2v) is 6.56. The van der Waals surface area contributed by atoms with Crippen molar-refractivity contribution >= 4 is 41.5 Å². The number of hydrogen-bond donors (Lipinski definition) is 2. The van der Waals surface area contributed by atoms with Gasteiger partial charge in [-0.05, 0) is 49.1 Å². The summed E-state index contributed by atoms with van der Waals surface area (Å²) in [5, 5.41) is 7.56. The van der Waals surface area contributed by atoms with Crippen LogP contribution in [-0.4, -0.2) is 25.5 Å². The van der Waals surface area contributed by atoms with Crippen molar-refractivity contribution in [3.63, 3.8) is 0 Å². The van der Waals surface area contributed by atoms with Gasteiger partial charge in [0.1, 0.15) is 0 Å². The van der Waals surface area contributed by atoms with Crippen molar-refractivity contribution in [3.05, 3.63) is 45.5 Å². The molecule has 2 aliphatic rings. The quantitative estimate of drug-likeness (QED) is 0.805. The second kappa shape index (κ2) is 7.69. The third-order valence-electron chi connectivity index (χ3n) is 4.09. The molecule has 3 rings (SSSR count). The molecule has 1 aliphatic heterocycles. The predicted molar refractivity (Wildman–Crippen MR) is 93.1 cm³/mol. The molecule has 1 aromatic rings. The minimum atomic E-state index is 0. The van der Waals surface area contributed by atoms with Crippen LogP contribution in [0.5, 0.6) is 0 Å². The number of halogens is 3. The zero-order chi connectivity index (χ0) is 14.8. The van der Waals surface area contributed by atoms with Gasteiger partial charge in [-0.1, -0.05) is 34.9 Å².